The van der Waals surface area contributed by atoms with Crippen molar-refractivity contribution in [2.24, 2.45) is 5.92 Å². The minimum Gasteiger partial charge on any atom is -0.351 e. The normalized spacial score (nSPS) is 13.7. The minimum atomic E-state index is -0.127. The van der Waals surface area contributed by atoms with E-state index in [1.54, 1.807) is 6.07 Å². The van der Waals surface area contributed by atoms with Gasteiger partial charge in [-0.3, -0.25) is 4.79 Å². The van der Waals surface area contributed by atoms with Crippen LogP contribution in [-0.2, 0) is 6.42 Å². The third-order valence-corrected chi connectivity index (χ3v) is 4.45. The molecule has 0 bridgehead atoms. The summed E-state index contributed by atoms with van der Waals surface area (Å²) in [5, 5.41) is 2.96. The molecule has 0 spiro atoms. The number of carbonyl (C=O) groups excluding carboxylic acids is 1. The third-order valence-electron chi connectivity index (χ3n) is 4.45. The molecule has 0 saturated carbocycles. The number of nitrogens with one attached hydrogen (secondary N) is 1. The van der Waals surface area contributed by atoms with Crippen LogP contribution in [0, 0.1) is 12.8 Å². The second kappa shape index (κ2) is 7.64. The van der Waals surface area contributed by atoms with Gasteiger partial charge in [0.1, 0.15) is 17.3 Å². The molecule has 1 aliphatic rings. The van der Waals surface area contributed by atoms with Crippen molar-refractivity contribution in [3.8, 4) is 0 Å². The molecular weight excluding hydrogens is 312 g/mol. The van der Waals surface area contributed by atoms with E-state index in [0.717, 1.165) is 31.6 Å². The Kier molecular flexibility index (Phi) is 5.31. The third kappa shape index (κ3) is 4.16. The first-order chi connectivity index (χ1) is 12.0. The van der Waals surface area contributed by atoms with Gasteiger partial charge in [0.15, 0.2) is 0 Å². The number of benzene rings is 1. The van der Waals surface area contributed by atoms with Gasteiger partial charge in [-0.1, -0.05) is 32.0 Å². The molecule has 0 radical (unpaired) electrons. The number of nitrogens with zero attached hydrogens (tertiary/aromatic N) is 3. The van der Waals surface area contributed by atoms with Gasteiger partial charge in [0.05, 0.1) is 0 Å². The van der Waals surface area contributed by atoms with E-state index in [9.17, 15) is 4.79 Å². The first kappa shape index (κ1) is 17.4. The molecule has 5 heteroatoms. The summed E-state index contributed by atoms with van der Waals surface area (Å²) < 4.78 is 0. The molecule has 0 saturated heterocycles. The lowest BCUT2D eigenvalue weighted by molar-refractivity contribution is 0.0946. The highest BCUT2D eigenvalue weighted by molar-refractivity contribution is 5.93. The van der Waals surface area contributed by atoms with Gasteiger partial charge < -0.3 is 10.2 Å². The van der Waals surface area contributed by atoms with E-state index in [1.165, 1.54) is 11.3 Å². The Labute approximate surface area is 149 Å². The largest absolute Gasteiger partial charge is 0.351 e. The molecule has 0 aliphatic carbocycles. The van der Waals surface area contributed by atoms with Crippen LogP contribution < -0.4 is 10.2 Å². The van der Waals surface area contributed by atoms with Crippen LogP contribution in [0.15, 0.2) is 30.3 Å². The standard InChI is InChI=1S/C20H26N4O/c1-14(2)10-11-21-20(25)17-13-19(23-15(3)22-17)24-12-6-8-16-7-4-5-9-18(16)24/h4-5,7,9,13-14H,6,8,10-12H2,1-3H3,(H,21,25). The summed E-state index contributed by atoms with van der Waals surface area (Å²) in [7, 11) is 0. The Balaban J connectivity index is 1.84. The molecular formula is C20H26N4O. The lowest BCUT2D eigenvalue weighted by atomic mass is 10.0. The summed E-state index contributed by atoms with van der Waals surface area (Å²) in [5.74, 6) is 1.86. The molecule has 132 valence electrons. The quantitative estimate of drug-likeness (QED) is 0.904. The molecule has 0 unspecified atom stereocenters. The Morgan fingerprint density at radius 2 is 2.08 bits per heavy atom. The summed E-state index contributed by atoms with van der Waals surface area (Å²) in [6, 6.07) is 10.2. The highest BCUT2D eigenvalue weighted by Crippen LogP contribution is 2.32. The monoisotopic (exact) mass is 338 g/mol. The molecule has 2 aromatic rings. The van der Waals surface area contributed by atoms with Gasteiger partial charge >= 0.3 is 0 Å². The molecule has 1 aromatic carbocycles. The van der Waals surface area contributed by atoms with Crippen LogP contribution in [0.3, 0.4) is 0 Å². The van der Waals surface area contributed by atoms with Crippen molar-refractivity contribution in [1.29, 1.82) is 0 Å². The van der Waals surface area contributed by atoms with Crippen LogP contribution in [0.4, 0.5) is 11.5 Å². The Bertz CT molecular complexity index is 757. The maximum Gasteiger partial charge on any atom is 0.270 e. The van der Waals surface area contributed by atoms with E-state index < -0.39 is 0 Å². The van der Waals surface area contributed by atoms with Crippen molar-refractivity contribution in [2.75, 3.05) is 18.0 Å². The molecule has 2 heterocycles. The van der Waals surface area contributed by atoms with Gasteiger partial charge in [0.2, 0.25) is 0 Å². The van der Waals surface area contributed by atoms with Crippen molar-refractivity contribution >= 4 is 17.4 Å². The average Bonchev–Trinajstić information content (AvgIpc) is 2.60. The van der Waals surface area contributed by atoms with Crippen LogP contribution >= 0.6 is 0 Å². The molecule has 0 fully saturated rings. The highest BCUT2D eigenvalue weighted by Gasteiger charge is 2.21. The second-order valence-electron chi connectivity index (χ2n) is 6.98. The number of rotatable bonds is 5. The van der Waals surface area contributed by atoms with Crippen LogP contribution in [0.2, 0.25) is 0 Å². The first-order valence-electron chi connectivity index (χ1n) is 9.04. The maximum atomic E-state index is 12.4. The van der Waals surface area contributed by atoms with Gasteiger partial charge in [-0.05, 0) is 43.7 Å². The predicted octanol–water partition coefficient (Wildman–Crippen LogP) is 3.65. The summed E-state index contributed by atoms with van der Waals surface area (Å²) in [5.41, 5.74) is 2.94. The zero-order valence-electron chi connectivity index (χ0n) is 15.2. The van der Waals surface area contributed by atoms with Gasteiger partial charge in [-0.15, -0.1) is 0 Å². The van der Waals surface area contributed by atoms with Crippen LogP contribution in [-0.4, -0.2) is 29.0 Å². The van der Waals surface area contributed by atoms with Crippen molar-refractivity contribution in [3.05, 3.63) is 47.4 Å². The van der Waals surface area contributed by atoms with Crippen molar-refractivity contribution in [1.82, 2.24) is 15.3 Å². The first-order valence-corrected chi connectivity index (χ1v) is 9.04. The molecule has 25 heavy (non-hydrogen) atoms. The fourth-order valence-electron chi connectivity index (χ4n) is 3.14. The fraction of sp³-hybridized carbons (Fsp3) is 0.450. The lowest BCUT2D eigenvalue weighted by Crippen LogP contribution is -2.29. The van der Waals surface area contributed by atoms with Crippen molar-refractivity contribution in [3.63, 3.8) is 0 Å². The van der Waals surface area contributed by atoms with E-state index in [-0.39, 0.29) is 5.91 Å². The number of amides is 1. The molecule has 0 atom stereocenters. The summed E-state index contributed by atoms with van der Waals surface area (Å²) >= 11 is 0. The number of aryl methyl sites for hydroxylation is 2. The molecule has 1 N–H and O–H groups in total. The van der Waals surface area contributed by atoms with E-state index in [2.05, 4.69) is 52.2 Å². The highest BCUT2D eigenvalue weighted by atomic mass is 16.1. The maximum absolute atomic E-state index is 12.4. The summed E-state index contributed by atoms with van der Waals surface area (Å²) in [4.78, 5) is 23.5. The van der Waals surface area contributed by atoms with E-state index >= 15 is 0 Å². The molecule has 1 aromatic heterocycles. The van der Waals surface area contributed by atoms with Gasteiger partial charge in [-0.2, -0.15) is 0 Å². The Hall–Kier alpha value is -2.43. The molecule has 1 aliphatic heterocycles. The Morgan fingerprint density at radius 1 is 1.28 bits per heavy atom. The summed E-state index contributed by atoms with van der Waals surface area (Å²) in [6.07, 6.45) is 3.12. The van der Waals surface area contributed by atoms with E-state index in [1.807, 2.05) is 13.0 Å². The van der Waals surface area contributed by atoms with Gasteiger partial charge in [-0.25, -0.2) is 9.97 Å². The topological polar surface area (TPSA) is 58.1 Å². The number of para-hydroxylation sites is 1. The van der Waals surface area contributed by atoms with Crippen LogP contribution in [0.5, 0.6) is 0 Å². The number of aromatic nitrogens is 2. The number of anilines is 2. The van der Waals surface area contributed by atoms with Crippen LogP contribution in [0.25, 0.3) is 0 Å². The molecule has 1 amide bonds. The van der Waals surface area contributed by atoms with Crippen LogP contribution in [0.1, 0.15) is 48.6 Å². The molecule has 5 nitrogen and oxygen atoms in total. The zero-order valence-corrected chi connectivity index (χ0v) is 15.2. The second-order valence-corrected chi connectivity index (χ2v) is 6.98. The smallest absolute Gasteiger partial charge is 0.270 e. The average molecular weight is 338 g/mol. The summed E-state index contributed by atoms with van der Waals surface area (Å²) in [6.45, 7) is 7.70. The van der Waals surface area contributed by atoms with E-state index in [0.29, 0.717) is 24.0 Å². The Morgan fingerprint density at radius 3 is 2.88 bits per heavy atom. The minimum absolute atomic E-state index is 0.127. The molecule has 3 rings (SSSR count). The predicted molar refractivity (Wildman–Crippen MR) is 100 cm³/mol. The SMILES string of the molecule is Cc1nc(C(=O)NCCC(C)C)cc(N2CCCc3ccccc32)n1. The number of carbonyl (C=O) groups is 1. The number of hydrogen-bond donors (Lipinski definition) is 1. The van der Waals surface area contributed by atoms with Gasteiger partial charge in [0, 0.05) is 24.8 Å². The fourth-order valence-corrected chi connectivity index (χ4v) is 3.14. The van der Waals surface area contributed by atoms with Crippen molar-refractivity contribution < 1.29 is 4.79 Å². The number of fused-ring (bicyclic) bond motifs is 1. The van der Waals surface area contributed by atoms with E-state index in [4.69, 9.17) is 0 Å². The zero-order chi connectivity index (χ0) is 17.8. The lowest BCUT2D eigenvalue weighted by Gasteiger charge is -2.30. The number of hydrogen-bond acceptors (Lipinski definition) is 4. The van der Waals surface area contributed by atoms with Crippen molar-refractivity contribution in [2.45, 2.75) is 40.0 Å². The van der Waals surface area contributed by atoms with Gasteiger partial charge in [0.25, 0.3) is 5.91 Å².